The van der Waals surface area contributed by atoms with E-state index in [1.54, 1.807) is 0 Å². The summed E-state index contributed by atoms with van der Waals surface area (Å²) in [6.45, 7) is 9.22. The normalized spacial score (nSPS) is 27.4. The third kappa shape index (κ3) is 6.48. The van der Waals surface area contributed by atoms with E-state index in [0.717, 1.165) is 36.6 Å². The summed E-state index contributed by atoms with van der Waals surface area (Å²) in [6, 6.07) is 0. The van der Waals surface area contributed by atoms with Gasteiger partial charge in [-0.1, -0.05) is 40.0 Å². The van der Waals surface area contributed by atoms with Crippen molar-refractivity contribution in [2.24, 2.45) is 23.7 Å². The molecule has 0 amide bonds. The molecule has 1 heteroatoms. The topological polar surface area (TPSA) is 12.0 Å². The minimum absolute atomic E-state index is 0.751. The van der Waals surface area contributed by atoms with Crippen LogP contribution in [0.1, 0.15) is 65.7 Å². The largest absolute Gasteiger partial charge is 0.316 e. The van der Waals surface area contributed by atoms with Gasteiger partial charge in [0.25, 0.3) is 0 Å². The first-order valence-electron chi connectivity index (χ1n) is 8.31. The van der Waals surface area contributed by atoms with E-state index in [1.165, 1.54) is 45.1 Å². The van der Waals surface area contributed by atoms with Gasteiger partial charge in [0.05, 0.1) is 0 Å². The third-order valence-corrected chi connectivity index (χ3v) is 4.56. The van der Waals surface area contributed by atoms with Gasteiger partial charge in [-0.2, -0.15) is 0 Å². The molecule has 0 aromatic heterocycles. The number of rotatable bonds is 8. The highest BCUT2D eigenvalue weighted by Gasteiger charge is 2.29. The van der Waals surface area contributed by atoms with Crippen molar-refractivity contribution in [3.8, 4) is 12.3 Å². The molecule has 1 aliphatic rings. The molecule has 110 valence electrons. The first-order chi connectivity index (χ1) is 9.17. The summed E-state index contributed by atoms with van der Waals surface area (Å²) >= 11 is 0. The van der Waals surface area contributed by atoms with Crippen molar-refractivity contribution in [3.05, 3.63) is 0 Å². The quantitative estimate of drug-likeness (QED) is 0.637. The average molecular weight is 263 g/mol. The molecule has 0 saturated heterocycles. The lowest BCUT2D eigenvalue weighted by Crippen LogP contribution is -2.34. The van der Waals surface area contributed by atoms with Crippen molar-refractivity contribution < 1.29 is 0 Å². The van der Waals surface area contributed by atoms with Crippen LogP contribution >= 0.6 is 0 Å². The zero-order valence-electron chi connectivity index (χ0n) is 13.3. The van der Waals surface area contributed by atoms with Crippen LogP contribution < -0.4 is 5.32 Å². The fourth-order valence-electron chi connectivity index (χ4n) is 3.54. The number of terminal acetylenes is 1. The molecule has 0 bridgehead atoms. The van der Waals surface area contributed by atoms with Crippen molar-refractivity contribution in [2.45, 2.75) is 65.7 Å². The van der Waals surface area contributed by atoms with E-state index < -0.39 is 0 Å². The molecule has 1 nitrogen and oxygen atoms in total. The number of hydrogen-bond donors (Lipinski definition) is 1. The fourth-order valence-corrected chi connectivity index (χ4v) is 3.54. The van der Waals surface area contributed by atoms with Gasteiger partial charge in [-0.25, -0.2) is 0 Å². The molecule has 1 saturated carbocycles. The van der Waals surface area contributed by atoms with Crippen LogP contribution in [0.2, 0.25) is 0 Å². The number of hydrogen-bond acceptors (Lipinski definition) is 1. The van der Waals surface area contributed by atoms with E-state index in [4.69, 9.17) is 6.42 Å². The van der Waals surface area contributed by atoms with Crippen LogP contribution in [-0.4, -0.2) is 13.1 Å². The predicted molar refractivity (Wildman–Crippen MR) is 85.0 cm³/mol. The molecule has 0 aromatic rings. The smallest absolute Gasteiger partial charge is 0.00888 e. The standard InChI is InChI=1S/C18H33N/c1-5-7-9-17-12-16(8-6-2)10-11-18(17)14-19-13-15(3)4/h1,15-19H,6-14H2,2-4H3. The van der Waals surface area contributed by atoms with Gasteiger partial charge in [-0.15, -0.1) is 12.3 Å². The molecule has 1 fully saturated rings. The lowest BCUT2D eigenvalue weighted by atomic mass is 9.71. The van der Waals surface area contributed by atoms with E-state index >= 15 is 0 Å². The van der Waals surface area contributed by atoms with Crippen molar-refractivity contribution in [1.29, 1.82) is 0 Å². The monoisotopic (exact) mass is 263 g/mol. The molecule has 0 spiro atoms. The van der Waals surface area contributed by atoms with Crippen LogP contribution in [0.4, 0.5) is 0 Å². The Morgan fingerprint density at radius 2 is 2.00 bits per heavy atom. The highest BCUT2D eigenvalue weighted by molar-refractivity contribution is 4.88. The van der Waals surface area contributed by atoms with Crippen LogP contribution in [0, 0.1) is 36.0 Å². The minimum Gasteiger partial charge on any atom is -0.316 e. The third-order valence-electron chi connectivity index (χ3n) is 4.56. The van der Waals surface area contributed by atoms with Gasteiger partial charge in [0, 0.05) is 6.42 Å². The summed E-state index contributed by atoms with van der Waals surface area (Å²) in [7, 11) is 0. The molecule has 1 aliphatic carbocycles. The predicted octanol–water partition coefficient (Wildman–Crippen LogP) is 4.48. The van der Waals surface area contributed by atoms with Crippen LogP contribution in [-0.2, 0) is 0 Å². The average Bonchev–Trinajstić information content (AvgIpc) is 2.38. The zero-order chi connectivity index (χ0) is 14.1. The lowest BCUT2D eigenvalue weighted by Gasteiger charge is -2.36. The van der Waals surface area contributed by atoms with Crippen molar-refractivity contribution >= 4 is 0 Å². The zero-order valence-corrected chi connectivity index (χ0v) is 13.3. The Bertz CT molecular complexity index is 263. The Balaban J connectivity index is 2.41. The minimum atomic E-state index is 0.751. The Kier molecular flexibility index (Phi) is 8.22. The summed E-state index contributed by atoms with van der Waals surface area (Å²) in [5, 5.41) is 3.66. The van der Waals surface area contributed by atoms with Gasteiger partial charge in [0.1, 0.15) is 0 Å². The first-order valence-corrected chi connectivity index (χ1v) is 8.31. The van der Waals surface area contributed by atoms with Gasteiger partial charge >= 0.3 is 0 Å². The van der Waals surface area contributed by atoms with Gasteiger partial charge in [0.2, 0.25) is 0 Å². The van der Waals surface area contributed by atoms with E-state index in [1.807, 2.05) is 0 Å². The number of nitrogens with one attached hydrogen (secondary N) is 1. The van der Waals surface area contributed by atoms with Crippen molar-refractivity contribution in [3.63, 3.8) is 0 Å². The maximum atomic E-state index is 5.46. The molecule has 0 aliphatic heterocycles. The molecular weight excluding hydrogens is 230 g/mol. The molecule has 1 rings (SSSR count). The molecule has 0 heterocycles. The SMILES string of the molecule is C#CCCC1CC(CCC)CCC1CNCC(C)C. The highest BCUT2D eigenvalue weighted by atomic mass is 14.9. The summed E-state index contributed by atoms with van der Waals surface area (Å²) in [5.41, 5.74) is 0. The van der Waals surface area contributed by atoms with Crippen LogP contribution in [0.25, 0.3) is 0 Å². The summed E-state index contributed by atoms with van der Waals surface area (Å²) in [4.78, 5) is 0. The van der Waals surface area contributed by atoms with Gasteiger partial charge in [-0.05, 0) is 56.0 Å². The van der Waals surface area contributed by atoms with E-state index in [-0.39, 0.29) is 0 Å². The van der Waals surface area contributed by atoms with Gasteiger partial charge < -0.3 is 5.32 Å². The van der Waals surface area contributed by atoms with E-state index in [9.17, 15) is 0 Å². The molecular formula is C18H33N. The second-order valence-corrected chi connectivity index (χ2v) is 6.78. The van der Waals surface area contributed by atoms with Crippen LogP contribution in [0.15, 0.2) is 0 Å². The van der Waals surface area contributed by atoms with E-state index in [0.29, 0.717) is 0 Å². The van der Waals surface area contributed by atoms with E-state index in [2.05, 4.69) is 32.0 Å². The van der Waals surface area contributed by atoms with Gasteiger partial charge in [-0.3, -0.25) is 0 Å². The molecule has 19 heavy (non-hydrogen) atoms. The molecule has 3 unspecified atom stereocenters. The van der Waals surface area contributed by atoms with Crippen LogP contribution in [0.3, 0.4) is 0 Å². The lowest BCUT2D eigenvalue weighted by molar-refractivity contribution is 0.160. The Morgan fingerprint density at radius 3 is 2.63 bits per heavy atom. The second-order valence-electron chi connectivity index (χ2n) is 6.78. The molecule has 0 radical (unpaired) electrons. The summed E-state index contributed by atoms with van der Waals surface area (Å²) < 4.78 is 0. The Morgan fingerprint density at radius 1 is 1.21 bits per heavy atom. The maximum absolute atomic E-state index is 5.46. The first kappa shape index (κ1) is 16.6. The second kappa shape index (κ2) is 9.43. The molecule has 3 atom stereocenters. The highest BCUT2D eigenvalue weighted by Crippen LogP contribution is 2.38. The van der Waals surface area contributed by atoms with Crippen LogP contribution in [0.5, 0.6) is 0 Å². The fraction of sp³-hybridized carbons (Fsp3) is 0.889. The van der Waals surface area contributed by atoms with Crippen molar-refractivity contribution in [2.75, 3.05) is 13.1 Å². The summed E-state index contributed by atoms with van der Waals surface area (Å²) in [6.07, 6.45) is 14.7. The summed E-state index contributed by atoms with van der Waals surface area (Å²) in [5.74, 6) is 6.28. The molecule has 1 N–H and O–H groups in total. The Labute approximate surface area is 120 Å². The molecule has 0 aromatic carbocycles. The van der Waals surface area contributed by atoms with Crippen molar-refractivity contribution in [1.82, 2.24) is 5.32 Å². The Hall–Kier alpha value is -0.480. The van der Waals surface area contributed by atoms with Gasteiger partial charge in [0.15, 0.2) is 0 Å². The maximum Gasteiger partial charge on any atom is 0.00888 e.